The van der Waals surface area contributed by atoms with E-state index in [2.05, 4.69) is 42.0 Å². The van der Waals surface area contributed by atoms with Gasteiger partial charge in [-0.3, -0.25) is 4.79 Å². The predicted octanol–water partition coefficient (Wildman–Crippen LogP) is 4.49. The molecule has 0 N–H and O–H groups in total. The van der Waals surface area contributed by atoms with Crippen molar-refractivity contribution in [1.29, 1.82) is 0 Å². The van der Waals surface area contributed by atoms with Crippen molar-refractivity contribution in [3.63, 3.8) is 0 Å². The molecule has 3 nitrogen and oxygen atoms in total. The molecule has 4 heteroatoms. The van der Waals surface area contributed by atoms with Crippen molar-refractivity contribution in [2.24, 2.45) is 0 Å². The minimum absolute atomic E-state index is 0.0629. The zero-order valence-corrected chi connectivity index (χ0v) is 14.9. The second-order valence-corrected chi connectivity index (χ2v) is 6.91. The summed E-state index contributed by atoms with van der Waals surface area (Å²) < 4.78 is 15.8. The van der Waals surface area contributed by atoms with Crippen LogP contribution in [0.1, 0.15) is 38.8 Å². The van der Waals surface area contributed by atoms with E-state index in [1.54, 1.807) is 19.1 Å². The number of amides is 1. The summed E-state index contributed by atoms with van der Waals surface area (Å²) in [5.74, 6) is -0.351. The Morgan fingerprint density at radius 1 is 1.04 bits per heavy atom. The third kappa shape index (κ3) is 2.81. The molecule has 0 aliphatic carbocycles. The van der Waals surface area contributed by atoms with E-state index in [-0.39, 0.29) is 17.8 Å². The Bertz CT molecular complexity index is 976. The van der Waals surface area contributed by atoms with Crippen molar-refractivity contribution in [2.75, 3.05) is 6.54 Å². The van der Waals surface area contributed by atoms with E-state index in [1.807, 2.05) is 17.0 Å². The molecule has 1 atom stereocenters. The largest absolute Gasteiger partial charge is 0.348 e. The van der Waals surface area contributed by atoms with Crippen LogP contribution < -0.4 is 0 Å². The average Bonchev–Trinajstić information content (AvgIpc) is 3.11. The lowest BCUT2D eigenvalue weighted by molar-refractivity contribution is 0.0664. The molecule has 2 heterocycles. The highest BCUT2D eigenvalue weighted by Crippen LogP contribution is 2.34. The molecule has 132 valence electrons. The number of carbonyl (C=O) groups excluding carboxylic acids is 1. The van der Waals surface area contributed by atoms with Gasteiger partial charge in [0.25, 0.3) is 5.91 Å². The molecule has 0 saturated heterocycles. The fraction of sp³-hybridized carbons (Fsp3) is 0.227. The Kier molecular flexibility index (Phi) is 4.11. The molecule has 0 spiro atoms. The third-order valence-electron chi connectivity index (χ3n) is 5.06. The maximum Gasteiger partial charge on any atom is 0.254 e. The lowest BCUT2D eigenvalue weighted by Gasteiger charge is -2.37. The molecule has 1 aromatic heterocycles. The standard InChI is InChI=1S/C22H21FN2O/c1-15-5-3-6-17(13-15)21-20-7-4-10-24(20)11-12-25(21)22(26)18-8-9-19(23)16(2)14-18/h3-10,13-14,21H,11-12H2,1-2H3/t21-/m0/s1. The van der Waals surface area contributed by atoms with Crippen LogP contribution in [0.5, 0.6) is 0 Å². The molecule has 0 unspecified atom stereocenters. The van der Waals surface area contributed by atoms with Crippen LogP contribution in [0.3, 0.4) is 0 Å². The van der Waals surface area contributed by atoms with Crippen molar-refractivity contribution in [3.8, 4) is 0 Å². The number of hydrogen-bond donors (Lipinski definition) is 0. The van der Waals surface area contributed by atoms with Gasteiger partial charge in [-0.25, -0.2) is 4.39 Å². The molecule has 1 amide bonds. The number of carbonyl (C=O) groups is 1. The first-order valence-corrected chi connectivity index (χ1v) is 8.83. The van der Waals surface area contributed by atoms with Crippen LogP contribution in [0.2, 0.25) is 0 Å². The van der Waals surface area contributed by atoms with Crippen molar-refractivity contribution in [1.82, 2.24) is 9.47 Å². The van der Waals surface area contributed by atoms with Crippen LogP contribution >= 0.6 is 0 Å². The van der Waals surface area contributed by atoms with Crippen LogP contribution in [-0.2, 0) is 6.54 Å². The molecule has 4 rings (SSSR count). The molecular weight excluding hydrogens is 327 g/mol. The van der Waals surface area contributed by atoms with Crippen LogP contribution in [0, 0.1) is 19.7 Å². The van der Waals surface area contributed by atoms with Crippen molar-refractivity contribution in [3.05, 3.63) is 94.6 Å². The smallest absolute Gasteiger partial charge is 0.254 e. The summed E-state index contributed by atoms with van der Waals surface area (Å²) in [6.07, 6.45) is 2.06. The van der Waals surface area contributed by atoms with Gasteiger partial charge in [0.05, 0.1) is 6.04 Å². The van der Waals surface area contributed by atoms with Crippen LogP contribution in [0.25, 0.3) is 0 Å². The van der Waals surface area contributed by atoms with Crippen molar-refractivity contribution < 1.29 is 9.18 Å². The Labute approximate surface area is 152 Å². The Morgan fingerprint density at radius 3 is 2.65 bits per heavy atom. The van der Waals surface area contributed by atoms with Crippen molar-refractivity contribution >= 4 is 5.91 Å². The number of hydrogen-bond acceptors (Lipinski definition) is 1. The highest BCUT2D eigenvalue weighted by Gasteiger charge is 2.32. The summed E-state index contributed by atoms with van der Waals surface area (Å²) in [4.78, 5) is 15.2. The van der Waals surface area contributed by atoms with Gasteiger partial charge in [-0.15, -0.1) is 0 Å². The number of fused-ring (bicyclic) bond motifs is 1. The number of aromatic nitrogens is 1. The van der Waals surface area contributed by atoms with E-state index in [0.717, 1.165) is 23.4 Å². The van der Waals surface area contributed by atoms with Gasteiger partial charge in [0, 0.05) is 30.5 Å². The van der Waals surface area contributed by atoms with E-state index in [4.69, 9.17) is 0 Å². The molecular formula is C22H21FN2O. The van der Waals surface area contributed by atoms with E-state index < -0.39 is 0 Å². The second kappa shape index (κ2) is 6.45. The molecule has 26 heavy (non-hydrogen) atoms. The highest BCUT2D eigenvalue weighted by atomic mass is 19.1. The topological polar surface area (TPSA) is 25.2 Å². The summed E-state index contributed by atoms with van der Waals surface area (Å²) >= 11 is 0. The summed E-state index contributed by atoms with van der Waals surface area (Å²) in [5, 5.41) is 0. The Balaban J connectivity index is 1.78. The van der Waals surface area contributed by atoms with Gasteiger partial charge in [-0.2, -0.15) is 0 Å². The van der Waals surface area contributed by atoms with E-state index in [1.165, 1.54) is 6.07 Å². The predicted molar refractivity (Wildman–Crippen MR) is 99.6 cm³/mol. The molecule has 2 aromatic carbocycles. The molecule has 0 saturated carbocycles. The number of rotatable bonds is 2. The number of nitrogens with zero attached hydrogens (tertiary/aromatic N) is 2. The molecule has 1 aliphatic rings. The third-order valence-corrected chi connectivity index (χ3v) is 5.06. The summed E-state index contributed by atoms with van der Waals surface area (Å²) in [7, 11) is 0. The second-order valence-electron chi connectivity index (χ2n) is 6.91. The first-order chi connectivity index (χ1) is 12.5. The minimum Gasteiger partial charge on any atom is -0.348 e. The molecule has 3 aromatic rings. The highest BCUT2D eigenvalue weighted by molar-refractivity contribution is 5.95. The van der Waals surface area contributed by atoms with Gasteiger partial charge in [0.2, 0.25) is 0 Å². The van der Waals surface area contributed by atoms with Gasteiger partial charge in [-0.1, -0.05) is 29.8 Å². The SMILES string of the molecule is Cc1cccc([C@H]2c3cccn3CCN2C(=O)c2ccc(F)c(C)c2)c1. The molecule has 0 radical (unpaired) electrons. The average molecular weight is 348 g/mol. The van der Waals surface area contributed by atoms with Crippen LogP contribution in [0.4, 0.5) is 4.39 Å². The fourth-order valence-electron chi connectivity index (χ4n) is 3.74. The van der Waals surface area contributed by atoms with E-state index >= 15 is 0 Å². The minimum atomic E-state index is -0.288. The summed E-state index contributed by atoms with van der Waals surface area (Å²) in [6, 6.07) is 16.8. The van der Waals surface area contributed by atoms with Gasteiger partial charge < -0.3 is 9.47 Å². The fourth-order valence-corrected chi connectivity index (χ4v) is 3.74. The number of aryl methyl sites for hydroxylation is 2. The van der Waals surface area contributed by atoms with Gasteiger partial charge in [0.15, 0.2) is 0 Å². The first-order valence-electron chi connectivity index (χ1n) is 8.83. The quantitative estimate of drug-likeness (QED) is 0.670. The molecule has 0 bridgehead atoms. The van der Waals surface area contributed by atoms with Crippen molar-refractivity contribution in [2.45, 2.75) is 26.4 Å². The molecule has 0 fully saturated rings. The molecule has 1 aliphatic heterocycles. The monoisotopic (exact) mass is 348 g/mol. The zero-order chi connectivity index (χ0) is 18.3. The first kappa shape index (κ1) is 16.6. The Morgan fingerprint density at radius 2 is 1.88 bits per heavy atom. The van der Waals surface area contributed by atoms with Gasteiger partial charge in [0.1, 0.15) is 5.82 Å². The summed E-state index contributed by atoms with van der Waals surface area (Å²) in [5.41, 5.74) is 4.38. The lowest BCUT2D eigenvalue weighted by Crippen LogP contribution is -2.42. The maximum atomic E-state index is 13.6. The van der Waals surface area contributed by atoms with E-state index in [9.17, 15) is 9.18 Å². The van der Waals surface area contributed by atoms with Crippen LogP contribution in [-0.4, -0.2) is 21.9 Å². The number of benzene rings is 2. The number of halogens is 1. The van der Waals surface area contributed by atoms with Gasteiger partial charge in [-0.05, 0) is 55.3 Å². The van der Waals surface area contributed by atoms with Gasteiger partial charge >= 0.3 is 0 Å². The van der Waals surface area contributed by atoms with Crippen LogP contribution in [0.15, 0.2) is 60.8 Å². The normalized spacial score (nSPS) is 16.4. The van der Waals surface area contributed by atoms with E-state index in [0.29, 0.717) is 17.7 Å². The maximum absolute atomic E-state index is 13.6. The summed E-state index contributed by atoms with van der Waals surface area (Å²) in [6.45, 7) is 5.12. The Hall–Kier alpha value is -2.88. The lowest BCUT2D eigenvalue weighted by atomic mass is 9.97. The zero-order valence-electron chi connectivity index (χ0n) is 14.9.